The first-order valence-electron chi connectivity index (χ1n) is 10.8. The first-order chi connectivity index (χ1) is 14.1. The van der Waals surface area contributed by atoms with Gasteiger partial charge in [0.05, 0.1) is 11.8 Å². The Kier molecular flexibility index (Phi) is 5.94. The van der Waals surface area contributed by atoms with Gasteiger partial charge in [0.25, 0.3) is 0 Å². The van der Waals surface area contributed by atoms with Gasteiger partial charge in [-0.25, -0.2) is 9.97 Å². The molecular weight excluding hydrogens is 366 g/mol. The summed E-state index contributed by atoms with van der Waals surface area (Å²) in [6.07, 6.45) is 9.63. The fourth-order valence-corrected chi connectivity index (χ4v) is 4.92. The molecule has 0 N–H and O–H groups in total. The van der Waals surface area contributed by atoms with Crippen LogP contribution in [0.15, 0.2) is 30.6 Å². The number of unbranched alkanes of at least 4 members (excludes halogenated alkanes) is 1. The smallest absolute Gasteiger partial charge is 0.233 e. The van der Waals surface area contributed by atoms with Crippen LogP contribution in [0.5, 0.6) is 0 Å². The van der Waals surface area contributed by atoms with Crippen LogP contribution in [0.3, 0.4) is 0 Å². The van der Waals surface area contributed by atoms with Crippen LogP contribution < -0.4 is 4.90 Å². The van der Waals surface area contributed by atoms with Gasteiger partial charge in [-0.1, -0.05) is 26.0 Å². The van der Waals surface area contributed by atoms with E-state index in [-0.39, 0.29) is 35.5 Å². The van der Waals surface area contributed by atoms with Crippen molar-refractivity contribution in [3.05, 3.63) is 30.6 Å². The Balaban J connectivity index is 1.21. The Morgan fingerprint density at radius 2 is 1.41 bits per heavy atom. The minimum absolute atomic E-state index is 0.0418. The number of anilines is 1. The van der Waals surface area contributed by atoms with Gasteiger partial charge in [-0.15, -0.1) is 0 Å². The van der Waals surface area contributed by atoms with Gasteiger partial charge in [0.1, 0.15) is 0 Å². The topological polar surface area (TPSA) is 69.6 Å². The second kappa shape index (κ2) is 8.61. The first-order valence-corrected chi connectivity index (χ1v) is 10.8. The largest absolute Gasteiger partial charge is 0.338 e. The van der Waals surface area contributed by atoms with E-state index in [9.17, 15) is 9.59 Å². The van der Waals surface area contributed by atoms with Crippen molar-refractivity contribution in [2.24, 2.45) is 23.7 Å². The number of piperazine rings is 1. The number of nitrogens with zero attached hydrogens (tertiary/aromatic N) is 5. The van der Waals surface area contributed by atoms with Gasteiger partial charge >= 0.3 is 0 Å². The lowest BCUT2D eigenvalue weighted by molar-refractivity contribution is -0.140. The number of hydrogen-bond acceptors (Lipinski definition) is 6. The van der Waals surface area contributed by atoms with Crippen molar-refractivity contribution in [2.75, 3.05) is 44.2 Å². The van der Waals surface area contributed by atoms with E-state index in [0.29, 0.717) is 6.54 Å². The van der Waals surface area contributed by atoms with Crippen molar-refractivity contribution >= 4 is 17.8 Å². The third-order valence-corrected chi connectivity index (χ3v) is 6.65. The number of likely N-dealkylation sites (tertiary alicyclic amines) is 1. The van der Waals surface area contributed by atoms with E-state index in [0.717, 1.165) is 51.5 Å². The van der Waals surface area contributed by atoms with E-state index in [1.165, 1.54) is 0 Å². The summed E-state index contributed by atoms with van der Waals surface area (Å²) in [5.41, 5.74) is 0. The van der Waals surface area contributed by atoms with E-state index in [1.54, 1.807) is 17.3 Å². The van der Waals surface area contributed by atoms with Crippen LogP contribution in [0, 0.1) is 23.7 Å². The number of rotatable bonds is 6. The van der Waals surface area contributed by atoms with Crippen molar-refractivity contribution < 1.29 is 9.59 Å². The molecule has 3 heterocycles. The summed E-state index contributed by atoms with van der Waals surface area (Å²) in [6.45, 7) is 9.50. The molecule has 7 heteroatoms. The number of imide groups is 1. The molecule has 2 amide bonds. The van der Waals surface area contributed by atoms with Crippen LogP contribution in [-0.4, -0.2) is 70.9 Å². The van der Waals surface area contributed by atoms with Crippen LogP contribution in [0.4, 0.5) is 5.95 Å². The minimum Gasteiger partial charge on any atom is -0.338 e. The van der Waals surface area contributed by atoms with Gasteiger partial charge in [0, 0.05) is 45.1 Å². The van der Waals surface area contributed by atoms with E-state index in [1.807, 2.05) is 6.07 Å². The van der Waals surface area contributed by atoms with Crippen molar-refractivity contribution in [2.45, 2.75) is 26.7 Å². The summed E-state index contributed by atoms with van der Waals surface area (Å²) in [5.74, 6) is 0.884. The zero-order valence-electron chi connectivity index (χ0n) is 17.4. The first kappa shape index (κ1) is 20.0. The van der Waals surface area contributed by atoms with Gasteiger partial charge in [0.2, 0.25) is 17.8 Å². The van der Waals surface area contributed by atoms with E-state index in [2.05, 4.69) is 45.8 Å². The van der Waals surface area contributed by atoms with Crippen molar-refractivity contribution in [1.82, 2.24) is 19.8 Å². The van der Waals surface area contributed by atoms with Gasteiger partial charge < -0.3 is 4.90 Å². The molecule has 4 atom stereocenters. The number of fused-ring (bicyclic) bond motifs is 1. The maximum Gasteiger partial charge on any atom is 0.233 e. The molecule has 29 heavy (non-hydrogen) atoms. The molecule has 4 unspecified atom stereocenters. The average Bonchev–Trinajstić information content (AvgIpc) is 3.00. The van der Waals surface area contributed by atoms with E-state index >= 15 is 0 Å². The quantitative estimate of drug-likeness (QED) is 0.414. The molecule has 0 spiro atoms. The number of aromatic nitrogens is 2. The fourth-order valence-electron chi connectivity index (χ4n) is 4.92. The zero-order valence-corrected chi connectivity index (χ0v) is 17.4. The molecule has 156 valence electrons. The highest BCUT2D eigenvalue weighted by atomic mass is 16.2. The summed E-state index contributed by atoms with van der Waals surface area (Å²) in [4.78, 5) is 40.5. The molecule has 2 aliphatic heterocycles. The molecule has 0 saturated carbocycles. The fraction of sp³-hybridized carbons (Fsp3) is 0.636. The number of hydrogen-bond donors (Lipinski definition) is 0. The highest BCUT2D eigenvalue weighted by Crippen LogP contribution is 2.41. The zero-order chi connectivity index (χ0) is 20.4. The summed E-state index contributed by atoms with van der Waals surface area (Å²) in [5, 5.41) is 0. The number of carbonyl (C=O) groups is 2. The molecule has 0 aromatic carbocycles. The summed E-state index contributed by atoms with van der Waals surface area (Å²) in [6, 6.07) is 1.84. The Morgan fingerprint density at radius 3 is 2.00 bits per heavy atom. The van der Waals surface area contributed by atoms with Crippen LogP contribution >= 0.6 is 0 Å². The maximum absolute atomic E-state index is 12.8. The molecule has 2 saturated heterocycles. The van der Waals surface area contributed by atoms with Crippen LogP contribution in [-0.2, 0) is 9.59 Å². The molecule has 1 aromatic heterocycles. The van der Waals surface area contributed by atoms with Gasteiger partial charge in [-0.3, -0.25) is 19.4 Å². The van der Waals surface area contributed by atoms with E-state index < -0.39 is 0 Å². The number of allylic oxidation sites excluding steroid dienone is 2. The lowest BCUT2D eigenvalue weighted by Gasteiger charge is -2.34. The second-order valence-corrected chi connectivity index (χ2v) is 8.57. The highest BCUT2D eigenvalue weighted by Gasteiger charge is 2.51. The minimum atomic E-state index is -0.157. The Morgan fingerprint density at radius 1 is 0.862 bits per heavy atom. The van der Waals surface area contributed by atoms with Crippen molar-refractivity contribution in [3.8, 4) is 0 Å². The lowest BCUT2D eigenvalue weighted by atomic mass is 9.73. The average molecular weight is 398 g/mol. The monoisotopic (exact) mass is 397 g/mol. The molecule has 1 aromatic rings. The number of amides is 2. The molecule has 1 aliphatic carbocycles. The van der Waals surface area contributed by atoms with Crippen LogP contribution in [0.1, 0.15) is 26.7 Å². The second-order valence-electron chi connectivity index (χ2n) is 8.57. The SMILES string of the molecule is CC1C=CC(C)C2C(=O)N(CCCCN3CCN(c4ncccn4)CC3)C(=O)C12. The Labute approximate surface area is 172 Å². The predicted molar refractivity (Wildman–Crippen MR) is 111 cm³/mol. The normalized spacial score (nSPS) is 30.1. The molecule has 0 radical (unpaired) electrons. The van der Waals surface area contributed by atoms with Crippen molar-refractivity contribution in [3.63, 3.8) is 0 Å². The number of carbonyl (C=O) groups excluding carboxylic acids is 2. The van der Waals surface area contributed by atoms with E-state index in [4.69, 9.17) is 0 Å². The molecule has 4 rings (SSSR count). The molecule has 3 aliphatic rings. The van der Waals surface area contributed by atoms with Crippen LogP contribution in [0.25, 0.3) is 0 Å². The molecule has 7 nitrogen and oxygen atoms in total. The molecule has 0 bridgehead atoms. The van der Waals surface area contributed by atoms with Gasteiger partial charge in [0.15, 0.2) is 0 Å². The summed E-state index contributed by atoms with van der Waals surface area (Å²) < 4.78 is 0. The molecule has 2 fully saturated rings. The van der Waals surface area contributed by atoms with Crippen molar-refractivity contribution in [1.29, 1.82) is 0 Å². The third-order valence-electron chi connectivity index (χ3n) is 6.65. The third kappa shape index (κ3) is 4.06. The standard InChI is InChI=1S/C22H31N5O2/c1-16-6-7-17(2)19-18(16)20(28)27(21(19)29)11-4-3-10-25-12-14-26(15-13-25)22-23-8-5-9-24-22/h5-9,16-19H,3-4,10-15H2,1-2H3. The summed E-state index contributed by atoms with van der Waals surface area (Å²) >= 11 is 0. The van der Waals surface area contributed by atoms with Gasteiger partial charge in [-0.05, 0) is 37.3 Å². The highest BCUT2D eigenvalue weighted by molar-refractivity contribution is 6.05. The maximum atomic E-state index is 12.8. The lowest BCUT2D eigenvalue weighted by Crippen LogP contribution is -2.47. The van der Waals surface area contributed by atoms with Gasteiger partial charge in [-0.2, -0.15) is 0 Å². The Bertz CT molecular complexity index is 730. The summed E-state index contributed by atoms with van der Waals surface area (Å²) in [7, 11) is 0. The molecular formula is C22H31N5O2. The predicted octanol–water partition coefficient (Wildman–Crippen LogP) is 1.82. The van der Waals surface area contributed by atoms with Crippen LogP contribution in [0.2, 0.25) is 0 Å². The Hall–Kier alpha value is -2.28.